The number of nitrogens with zero attached hydrogens (tertiary/aromatic N) is 2. The van der Waals surface area contributed by atoms with Crippen molar-refractivity contribution in [2.75, 3.05) is 0 Å². The smallest absolute Gasteiger partial charge is 0.412 e. The second kappa shape index (κ2) is 9.60. The third-order valence-electron chi connectivity index (χ3n) is 6.10. The normalized spacial score (nSPS) is 24.9. The third kappa shape index (κ3) is 6.45. The number of amides is 1. The van der Waals surface area contributed by atoms with Gasteiger partial charge in [-0.2, -0.15) is 0 Å². The van der Waals surface area contributed by atoms with E-state index in [4.69, 9.17) is 9.47 Å². The van der Waals surface area contributed by atoms with Crippen molar-refractivity contribution in [1.29, 1.82) is 0 Å². The first-order valence-corrected chi connectivity index (χ1v) is 11.6. The molecule has 0 bridgehead atoms. The first kappa shape index (κ1) is 23.6. The van der Waals surface area contributed by atoms with Gasteiger partial charge < -0.3 is 14.7 Å². The van der Waals surface area contributed by atoms with Gasteiger partial charge >= 0.3 is 6.09 Å². The molecule has 0 radical (unpaired) electrons. The zero-order valence-corrected chi connectivity index (χ0v) is 19.7. The molecule has 0 spiro atoms. The van der Waals surface area contributed by atoms with Gasteiger partial charge in [0.25, 0.3) is 0 Å². The Balaban J connectivity index is 1.84. The maximum absolute atomic E-state index is 13.2. The Morgan fingerprint density at radius 3 is 2.48 bits per heavy atom. The zero-order valence-electron chi connectivity index (χ0n) is 19.7. The Hall–Kier alpha value is -2.08. The van der Waals surface area contributed by atoms with Crippen LogP contribution < -0.4 is 0 Å². The molecule has 6 nitrogen and oxygen atoms in total. The summed E-state index contributed by atoms with van der Waals surface area (Å²) in [5.74, 6) is 0.534. The van der Waals surface area contributed by atoms with Gasteiger partial charge in [-0.05, 0) is 47.0 Å². The van der Waals surface area contributed by atoms with Crippen LogP contribution in [0.2, 0.25) is 0 Å². The van der Waals surface area contributed by atoms with Gasteiger partial charge in [0.15, 0.2) is 18.9 Å². The number of hydroxylamine groups is 1. The standard InChI is InChI=1S/C25H38N2O4/c1-24(2,3)31-23(28)27-21(16-19-12-8-6-9-13-19)22(30-25(27,4)5)18-26(29)17-20-14-10-7-11-15-20/h7,10-11,14-15,18-19,21-22H,6,8-9,12-13,16-17H2,1-5H3/b26-18-/t21-,22+/m0/s1. The second-order valence-corrected chi connectivity index (χ2v) is 10.4. The Labute approximate surface area is 186 Å². The molecule has 1 aliphatic heterocycles. The van der Waals surface area contributed by atoms with E-state index in [0.29, 0.717) is 5.92 Å². The van der Waals surface area contributed by atoms with Crippen LogP contribution in [0.5, 0.6) is 0 Å². The lowest BCUT2D eigenvalue weighted by atomic mass is 9.83. The number of hydrogen-bond donors (Lipinski definition) is 0. The molecule has 31 heavy (non-hydrogen) atoms. The molecule has 0 aromatic heterocycles. The van der Waals surface area contributed by atoms with Crippen molar-refractivity contribution >= 4 is 12.3 Å². The second-order valence-electron chi connectivity index (χ2n) is 10.4. The predicted molar refractivity (Wildman–Crippen MR) is 122 cm³/mol. The average Bonchev–Trinajstić information content (AvgIpc) is 2.91. The molecule has 2 fully saturated rings. The molecule has 1 heterocycles. The summed E-state index contributed by atoms with van der Waals surface area (Å²) in [5.41, 5.74) is -0.502. The van der Waals surface area contributed by atoms with Crippen molar-refractivity contribution in [1.82, 2.24) is 4.90 Å². The van der Waals surface area contributed by atoms with Crippen LogP contribution in [0.15, 0.2) is 30.3 Å². The van der Waals surface area contributed by atoms with Crippen molar-refractivity contribution in [3.63, 3.8) is 0 Å². The lowest BCUT2D eigenvalue weighted by Crippen LogP contribution is -2.51. The van der Waals surface area contributed by atoms with Gasteiger partial charge in [-0.25, -0.2) is 9.53 Å². The molecular weight excluding hydrogens is 392 g/mol. The molecule has 0 unspecified atom stereocenters. The van der Waals surface area contributed by atoms with Crippen molar-refractivity contribution in [3.05, 3.63) is 41.1 Å². The topological polar surface area (TPSA) is 64.8 Å². The van der Waals surface area contributed by atoms with Crippen LogP contribution in [0.3, 0.4) is 0 Å². The Bertz CT molecular complexity index is 763. The number of hydrogen-bond acceptors (Lipinski definition) is 4. The third-order valence-corrected chi connectivity index (χ3v) is 6.10. The predicted octanol–water partition coefficient (Wildman–Crippen LogP) is 5.48. The fourth-order valence-electron chi connectivity index (χ4n) is 4.79. The molecule has 2 atom stereocenters. The number of rotatable bonds is 5. The molecule has 3 rings (SSSR count). The van der Waals surface area contributed by atoms with E-state index in [0.717, 1.165) is 29.6 Å². The van der Waals surface area contributed by atoms with Crippen LogP contribution in [0.1, 0.15) is 78.7 Å². The maximum atomic E-state index is 13.2. The van der Waals surface area contributed by atoms with Crippen molar-refractivity contribution in [2.24, 2.45) is 5.92 Å². The maximum Gasteiger partial charge on any atom is 0.412 e. The fraction of sp³-hybridized carbons (Fsp3) is 0.680. The van der Waals surface area contributed by atoms with E-state index in [1.807, 2.05) is 65.0 Å². The van der Waals surface area contributed by atoms with Crippen LogP contribution in [0, 0.1) is 11.1 Å². The first-order chi connectivity index (χ1) is 14.5. The van der Waals surface area contributed by atoms with Crippen LogP contribution in [-0.2, 0) is 16.0 Å². The van der Waals surface area contributed by atoms with Gasteiger partial charge in [0.05, 0.1) is 6.04 Å². The summed E-state index contributed by atoms with van der Waals surface area (Å²) in [6.45, 7) is 9.62. The number of carbonyl (C=O) groups excluding carboxylic acids is 1. The molecule has 1 saturated heterocycles. The molecule has 172 valence electrons. The summed E-state index contributed by atoms with van der Waals surface area (Å²) in [7, 11) is 0. The number of ether oxygens (including phenoxy) is 2. The van der Waals surface area contributed by atoms with E-state index in [9.17, 15) is 10.0 Å². The molecule has 0 N–H and O–H groups in total. The minimum atomic E-state index is -0.851. The molecule has 1 aromatic rings. The minimum Gasteiger partial charge on any atom is -0.624 e. The average molecular weight is 431 g/mol. The lowest BCUT2D eigenvalue weighted by molar-refractivity contribution is -0.473. The summed E-state index contributed by atoms with van der Waals surface area (Å²) in [4.78, 5) is 14.9. The molecule has 2 aliphatic rings. The first-order valence-electron chi connectivity index (χ1n) is 11.6. The SMILES string of the molecule is CC(C)(C)OC(=O)N1[C@@H](CC2CCCCC2)[C@@H](/C=[N+](\[O-])Cc2ccccc2)OC1(C)C. The molecular formula is C25H38N2O4. The van der Waals surface area contributed by atoms with Crippen molar-refractivity contribution in [3.8, 4) is 0 Å². The van der Waals surface area contributed by atoms with E-state index in [1.54, 1.807) is 11.1 Å². The monoisotopic (exact) mass is 430 g/mol. The van der Waals surface area contributed by atoms with Gasteiger partial charge in [0.1, 0.15) is 11.3 Å². The summed E-state index contributed by atoms with van der Waals surface area (Å²) in [6.07, 6.45) is 7.64. The Morgan fingerprint density at radius 2 is 1.87 bits per heavy atom. The summed E-state index contributed by atoms with van der Waals surface area (Å²) >= 11 is 0. The lowest BCUT2D eigenvalue weighted by Gasteiger charge is -2.36. The van der Waals surface area contributed by atoms with Gasteiger partial charge in [-0.1, -0.05) is 62.4 Å². The highest BCUT2D eigenvalue weighted by Gasteiger charge is 2.52. The van der Waals surface area contributed by atoms with E-state index < -0.39 is 17.4 Å². The zero-order chi connectivity index (χ0) is 22.6. The fourth-order valence-corrected chi connectivity index (χ4v) is 4.79. The van der Waals surface area contributed by atoms with Gasteiger partial charge in [-0.15, -0.1) is 0 Å². The quantitative estimate of drug-likeness (QED) is 0.269. The molecule has 6 heteroatoms. The van der Waals surface area contributed by atoms with Gasteiger partial charge in [-0.3, -0.25) is 4.90 Å². The summed E-state index contributed by atoms with van der Waals surface area (Å²) < 4.78 is 12.9. The Morgan fingerprint density at radius 1 is 1.23 bits per heavy atom. The minimum absolute atomic E-state index is 0.222. The highest BCUT2D eigenvalue weighted by Crippen LogP contribution is 2.38. The van der Waals surface area contributed by atoms with Gasteiger partial charge in [0, 0.05) is 5.56 Å². The summed E-state index contributed by atoms with van der Waals surface area (Å²) in [5, 5.41) is 12.8. The van der Waals surface area contributed by atoms with Crippen molar-refractivity contribution in [2.45, 2.75) is 103 Å². The molecule has 1 saturated carbocycles. The number of carbonyl (C=O) groups is 1. The van der Waals surface area contributed by atoms with Crippen LogP contribution in [0.4, 0.5) is 4.79 Å². The van der Waals surface area contributed by atoms with Crippen molar-refractivity contribution < 1.29 is 19.0 Å². The highest BCUT2D eigenvalue weighted by atomic mass is 16.6. The van der Waals surface area contributed by atoms with Gasteiger partial charge in [0.2, 0.25) is 0 Å². The largest absolute Gasteiger partial charge is 0.624 e. The van der Waals surface area contributed by atoms with E-state index in [1.165, 1.54) is 19.3 Å². The Kier molecular flexibility index (Phi) is 7.30. The van der Waals surface area contributed by atoms with Crippen LogP contribution in [-0.4, -0.2) is 45.4 Å². The highest BCUT2D eigenvalue weighted by molar-refractivity contribution is 5.72. The van der Waals surface area contributed by atoms with E-state index in [2.05, 4.69) is 0 Å². The van der Waals surface area contributed by atoms with Crippen LogP contribution >= 0.6 is 0 Å². The van der Waals surface area contributed by atoms with E-state index >= 15 is 0 Å². The van der Waals surface area contributed by atoms with E-state index in [-0.39, 0.29) is 18.7 Å². The van der Waals surface area contributed by atoms with Crippen LogP contribution in [0.25, 0.3) is 0 Å². The summed E-state index contributed by atoms with van der Waals surface area (Å²) in [6, 6.07) is 9.43. The molecule has 1 aliphatic carbocycles. The molecule has 1 amide bonds. The number of benzene rings is 1. The molecule has 1 aromatic carbocycles.